The van der Waals surface area contributed by atoms with Crippen LogP contribution in [0.2, 0.25) is 0 Å². The van der Waals surface area contributed by atoms with Crippen LogP contribution in [0.4, 0.5) is 0 Å². The Hall–Kier alpha value is -2.48. The normalized spacial score (nSPS) is 19.3. The van der Waals surface area contributed by atoms with Crippen LogP contribution in [0.5, 0.6) is 0 Å². The lowest BCUT2D eigenvalue weighted by molar-refractivity contribution is 0.646. The van der Waals surface area contributed by atoms with E-state index in [4.69, 9.17) is 0 Å². The summed E-state index contributed by atoms with van der Waals surface area (Å²) < 4.78 is 0. The second-order valence-corrected chi connectivity index (χ2v) is 5.91. The Labute approximate surface area is 130 Å². The minimum atomic E-state index is 0.829. The van der Waals surface area contributed by atoms with Crippen LogP contribution in [0.15, 0.2) is 72.5 Å². The summed E-state index contributed by atoms with van der Waals surface area (Å²) in [7, 11) is 0. The van der Waals surface area contributed by atoms with E-state index in [0.717, 1.165) is 5.92 Å². The number of nitrogens with one attached hydrogen (secondary N) is 2. The van der Waals surface area contributed by atoms with E-state index in [9.17, 15) is 0 Å². The highest BCUT2D eigenvalue weighted by Crippen LogP contribution is 2.25. The largest absolute Gasteiger partial charge is 0.388 e. The van der Waals surface area contributed by atoms with Gasteiger partial charge in [-0.15, -0.1) is 0 Å². The van der Waals surface area contributed by atoms with Gasteiger partial charge >= 0.3 is 0 Å². The molecule has 1 saturated heterocycles. The van der Waals surface area contributed by atoms with Crippen LogP contribution >= 0.6 is 0 Å². The van der Waals surface area contributed by atoms with E-state index in [-0.39, 0.29) is 0 Å². The molecular weight excluding hydrogens is 268 g/mol. The first-order valence-corrected chi connectivity index (χ1v) is 7.98. The van der Waals surface area contributed by atoms with Gasteiger partial charge in [0.1, 0.15) is 0 Å². The van der Waals surface area contributed by atoms with E-state index in [1.54, 1.807) is 0 Å². The van der Waals surface area contributed by atoms with Gasteiger partial charge in [-0.25, -0.2) is 0 Å². The molecule has 2 heterocycles. The molecular formula is C20H20N2. The van der Waals surface area contributed by atoms with Gasteiger partial charge in [0, 0.05) is 40.0 Å². The van der Waals surface area contributed by atoms with Crippen LogP contribution in [0.25, 0.3) is 21.8 Å². The van der Waals surface area contributed by atoms with Crippen molar-refractivity contribution in [3.05, 3.63) is 72.5 Å². The molecule has 5 rings (SSSR count). The molecule has 1 aliphatic carbocycles. The maximum Gasteiger partial charge on any atom is 0.0464 e. The minimum Gasteiger partial charge on any atom is -0.388 e. The van der Waals surface area contributed by atoms with Gasteiger partial charge < -0.3 is 10.3 Å². The van der Waals surface area contributed by atoms with Gasteiger partial charge in [-0.05, 0) is 31.1 Å². The number of hydrogen-bond donors (Lipinski definition) is 2. The van der Waals surface area contributed by atoms with Crippen molar-refractivity contribution in [3.63, 3.8) is 0 Å². The molecule has 0 spiro atoms. The lowest BCUT2D eigenvalue weighted by Crippen LogP contribution is -2.07. The quantitative estimate of drug-likeness (QED) is 0.613. The third-order valence-electron chi connectivity index (χ3n) is 4.51. The first-order valence-electron chi connectivity index (χ1n) is 7.98. The van der Waals surface area contributed by atoms with E-state index in [1.165, 1.54) is 46.9 Å². The number of allylic oxidation sites excluding steroid dienone is 4. The number of aromatic nitrogens is 1. The highest BCUT2D eigenvalue weighted by molar-refractivity contribution is 6.06. The second kappa shape index (κ2) is 5.72. The summed E-state index contributed by atoms with van der Waals surface area (Å²) in [6, 6.07) is 16.8. The molecule has 0 bridgehead atoms. The number of para-hydroxylation sites is 2. The van der Waals surface area contributed by atoms with Crippen LogP contribution < -0.4 is 5.32 Å². The number of H-pyrrole nitrogens is 1. The van der Waals surface area contributed by atoms with Gasteiger partial charge in [-0.1, -0.05) is 48.6 Å². The molecule has 2 nitrogen and oxygen atoms in total. The number of rotatable bonds is 0. The van der Waals surface area contributed by atoms with Crippen LogP contribution in [0, 0.1) is 5.92 Å². The second-order valence-electron chi connectivity index (χ2n) is 5.91. The molecule has 1 unspecified atom stereocenters. The zero-order valence-corrected chi connectivity index (χ0v) is 12.5. The average Bonchev–Trinajstić information content (AvgIpc) is 3.19. The number of aromatic amines is 1. The fraction of sp³-hybridized carbons (Fsp3) is 0.200. The third kappa shape index (κ3) is 2.41. The van der Waals surface area contributed by atoms with E-state index >= 15 is 0 Å². The maximum atomic E-state index is 3.38. The number of hydrogen-bond acceptors (Lipinski definition) is 1. The summed E-state index contributed by atoms with van der Waals surface area (Å²) in [5.41, 5.74) is 3.88. The fourth-order valence-electron chi connectivity index (χ4n) is 3.34. The van der Waals surface area contributed by atoms with Crippen molar-refractivity contribution in [2.75, 3.05) is 6.54 Å². The molecule has 0 saturated carbocycles. The monoisotopic (exact) mass is 288 g/mol. The first kappa shape index (κ1) is 13.2. The van der Waals surface area contributed by atoms with Crippen molar-refractivity contribution in [1.29, 1.82) is 0 Å². The zero-order valence-electron chi connectivity index (χ0n) is 12.5. The van der Waals surface area contributed by atoms with Crippen LogP contribution in [-0.2, 0) is 0 Å². The lowest BCUT2D eigenvalue weighted by Gasteiger charge is -2.10. The van der Waals surface area contributed by atoms with Crippen LogP contribution in [-0.4, -0.2) is 11.5 Å². The Bertz CT molecular complexity index is 804. The SMILES string of the molecule is C1=CCC2CCNC2=C1.c1ccc2c(c1)[nH]c1ccccc12. The van der Waals surface area contributed by atoms with Crippen molar-refractivity contribution >= 4 is 21.8 Å². The van der Waals surface area contributed by atoms with E-state index in [1.807, 2.05) is 0 Å². The molecule has 2 N–H and O–H groups in total. The molecule has 2 aliphatic rings. The fourth-order valence-corrected chi connectivity index (χ4v) is 3.34. The molecule has 110 valence electrons. The average molecular weight is 288 g/mol. The topological polar surface area (TPSA) is 27.8 Å². The molecule has 1 atom stereocenters. The molecule has 3 aromatic rings. The van der Waals surface area contributed by atoms with Crippen molar-refractivity contribution in [2.24, 2.45) is 5.92 Å². The predicted octanol–water partition coefficient (Wildman–Crippen LogP) is 4.76. The summed E-state index contributed by atoms with van der Waals surface area (Å²) in [4.78, 5) is 3.38. The summed E-state index contributed by atoms with van der Waals surface area (Å²) in [6.45, 7) is 1.18. The van der Waals surface area contributed by atoms with Crippen LogP contribution in [0.3, 0.4) is 0 Å². The molecule has 1 aliphatic heterocycles. The molecule has 22 heavy (non-hydrogen) atoms. The van der Waals surface area contributed by atoms with Crippen molar-refractivity contribution in [3.8, 4) is 0 Å². The predicted molar refractivity (Wildman–Crippen MR) is 93.8 cm³/mol. The minimum absolute atomic E-state index is 0.829. The van der Waals surface area contributed by atoms with Gasteiger partial charge in [0.25, 0.3) is 0 Å². The summed E-state index contributed by atoms with van der Waals surface area (Å²) in [6.07, 6.45) is 9.17. The van der Waals surface area contributed by atoms with E-state index in [0.29, 0.717) is 0 Å². The van der Waals surface area contributed by atoms with Crippen LogP contribution in [0.1, 0.15) is 12.8 Å². The molecule has 1 fully saturated rings. The first-order chi connectivity index (χ1) is 10.9. The van der Waals surface area contributed by atoms with Crippen molar-refractivity contribution < 1.29 is 0 Å². The molecule has 2 aromatic carbocycles. The smallest absolute Gasteiger partial charge is 0.0464 e. The van der Waals surface area contributed by atoms with Gasteiger partial charge in [-0.2, -0.15) is 0 Å². The third-order valence-corrected chi connectivity index (χ3v) is 4.51. The van der Waals surface area contributed by atoms with Gasteiger partial charge in [0.15, 0.2) is 0 Å². The Morgan fingerprint density at radius 3 is 2.23 bits per heavy atom. The Balaban J connectivity index is 0.000000122. The van der Waals surface area contributed by atoms with Gasteiger partial charge in [0.2, 0.25) is 0 Å². The molecule has 2 heteroatoms. The molecule has 0 radical (unpaired) electrons. The van der Waals surface area contributed by atoms with Crippen molar-refractivity contribution in [1.82, 2.24) is 10.3 Å². The van der Waals surface area contributed by atoms with E-state index in [2.05, 4.69) is 77.1 Å². The van der Waals surface area contributed by atoms with Gasteiger partial charge in [-0.3, -0.25) is 0 Å². The lowest BCUT2D eigenvalue weighted by atomic mass is 9.97. The Kier molecular flexibility index (Phi) is 3.43. The van der Waals surface area contributed by atoms with E-state index < -0.39 is 0 Å². The molecule has 0 amide bonds. The highest BCUT2D eigenvalue weighted by Gasteiger charge is 2.19. The Morgan fingerprint density at radius 1 is 0.864 bits per heavy atom. The van der Waals surface area contributed by atoms with Crippen molar-refractivity contribution in [2.45, 2.75) is 12.8 Å². The highest BCUT2D eigenvalue weighted by atomic mass is 14.9. The molecule has 1 aromatic heterocycles. The zero-order chi connectivity index (χ0) is 14.8. The maximum absolute atomic E-state index is 3.38. The Morgan fingerprint density at radius 2 is 1.55 bits per heavy atom. The summed E-state index contributed by atoms with van der Waals surface area (Å²) in [5, 5.41) is 5.98. The standard InChI is InChI=1S/C12H9N.C8H11N/c1-3-7-11-9(5-1)10-6-2-4-8-12(10)13-11;1-2-4-8-7(3-1)5-6-9-8/h1-8,13H;1-2,4,7,9H,3,5-6H2. The van der Waals surface area contributed by atoms with Gasteiger partial charge in [0.05, 0.1) is 0 Å². The summed E-state index contributed by atoms with van der Waals surface area (Å²) >= 11 is 0. The number of benzene rings is 2. The number of fused-ring (bicyclic) bond motifs is 4. The summed E-state index contributed by atoms with van der Waals surface area (Å²) in [5.74, 6) is 0.829.